The summed E-state index contributed by atoms with van der Waals surface area (Å²) in [5, 5.41) is 17.3. The van der Waals surface area contributed by atoms with Crippen molar-refractivity contribution in [3.63, 3.8) is 0 Å². The van der Waals surface area contributed by atoms with E-state index < -0.39 is 12.1 Å². The molecule has 0 unspecified atom stereocenters. The first-order valence-electron chi connectivity index (χ1n) is 11.9. The van der Waals surface area contributed by atoms with Crippen LogP contribution in [0.3, 0.4) is 0 Å². The normalized spacial score (nSPS) is 20.8. The zero-order valence-electron chi connectivity index (χ0n) is 20.3. The standard InChI is InChI=1S/C26H39N3O3/c1-6-7-8-10-21(29-18(2)30)23(31)17-27-22-15-26(11-9-12-26)32-24-20(22)13-19(16-28-24)14-25(3,4)5/h13,16,21-23,27,31H,6,9-12,14-15,17H2,1-5H3,(H,29,30)/t21-,22-,23+/m0/s1. The molecule has 1 aliphatic carbocycles. The van der Waals surface area contributed by atoms with E-state index in [9.17, 15) is 9.90 Å². The van der Waals surface area contributed by atoms with Crippen molar-refractivity contribution < 1.29 is 14.6 Å². The Kier molecular flexibility index (Phi) is 7.84. The monoisotopic (exact) mass is 441 g/mol. The Labute approximate surface area is 192 Å². The topological polar surface area (TPSA) is 83.5 Å². The van der Waals surface area contributed by atoms with Crippen molar-refractivity contribution >= 4 is 5.91 Å². The molecule has 0 radical (unpaired) electrons. The molecule has 6 heteroatoms. The summed E-state index contributed by atoms with van der Waals surface area (Å²) in [5.41, 5.74) is 2.30. The molecular weight excluding hydrogens is 402 g/mol. The van der Waals surface area contributed by atoms with Gasteiger partial charge in [0.1, 0.15) is 5.60 Å². The number of nitrogens with zero attached hydrogens (tertiary/aromatic N) is 1. The van der Waals surface area contributed by atoms with Crippen LogP contribution in [0.25, 0.3) is 0 Å². The van der Waals surface area contributed by atoms with E-state index in [-0.39, 0.29) is 23.0 Å². The van der Waals surface area contributed by atoms with Crippen molar-refractivity contribution in [2.75, 3.05) is 6.54 Å². The summed E-state index contributed by atoms with van der Waals surface area (Å²) in [5.74, 6) is 6.63. The second-order valence-corrected chi connectivity index (χ2v) is 10.6. The average Bonchev–Trinajstić information content (AvgIpc) is 2.68. The van der Waals surface area contributed by atoms with Gasteiger partial charge in [0, 0.05) is 50.5 Å². The maximum Gasteiger partial charge on any atom is 0.218 e. The zero-order chi connectivity index (χ0) is 23.4. The van der Waals surface area contributed by atoms with Gasteiger partial charge in [-0.1, -0.05) is 27.7 Å². The first-order valence-corrected chi connectivity index (χ1v) is 11.9. The van der Waals surface area contributed by atoms with Crippen molar-refractivity contribution in [3.05, 3.63) is 23.4 Å². The highest BCUT2D eigenvalue weighted by Gasteiger charge is 2.46. The number of nitrogens with one attached hydrogen (secondary N) is 2. The van der Waals surface area contributed by atoms with Crippen LogP contribution in [0, 0.1) is 17.3 Å². The van der Waals surface area contributed by atoms with Gasteiger partial charge in [-0.15, -0.1) is 11.8 Å². The predicted molar refractivity (Wildman–Crippen MR) is 126 cm³/mol. The summed E-state index contributed by atoms with van der Waals surface area (Å²) >= 11 is 0. The molecule has 1 fully saturated rings. The van der Waals surface area contributed by atoms with E-state index in [1.165, 1.54) is 18.9 Å². The highest BCUT2D eigenvalue weighted by atomic mass is 16.5. The van der Waals surface area contributed by atoms with Crippen molar-refractivity contribution in [2.45, 2.75) is 103 Å². The SMILES string of the molecule is CCC#CC[C@H](NC(C)=O)[C@H](O)CN[C@H]1CC2(CCC2)Oc2ncc(CC(C)(C)C)cc21. The average molecular weight is 442 g/mol. The first-order chi connectivity index (χ1) is 15.1. The fraction of sp³-hybridized carbons (Fsp3) is 0.692. The number of fused-ring (bicyclic) bond motifs is 1. The third-order valence-electron chi connectivity index (χ3n) is 6.25. The van der Waals surface area contributed by atoms with Gasteiger partial charge in [0.2, 0.25) is 11.8 Å². The molecule has 1 spiro atoms. The fourth-order valence-corrected chi connectivity index (χ4v) is 4.60. The van der Waals surface area contributed by atoms with Gasteiger partial charge in [0.15, 0.2) is 0 Å². The third kappa shape index (κ3) is 6.46. The van der Waals surface area contributed by atoms with E-state index >= 15 is 0 Å². The van der Waals surface area contributed by atoms with Crippen molar-refractivity contribution in [2.24, 2.45) is 5.41 Å². The third-order valence-corrected chi connectivity index (χ3v) is 6.25. The smallest absolute Gasteiger partial charge is 0.218 e. The molecule has 2 aliphatic rings. The number of aliphatic hydroxyl groups excluding tert-OH is 1. The summed E-state index contributed by atoms with van der Waals surface area (Å²) in [6.07, 6.45) is 7.45. The summed E-state index contributed by atoms with van der Waals surface area (Å²) in [7, 11) is 0. The lowest BCUT2D eigenvalue weighted by atomic mass is 9.73. The van der Waals surface area contributed by atoms with Crippen LogP contribution in [-0.2, 0) is 11.2 Å². The number of hydrogen-bond acceptors (Lipinski definition) is 5. The van der Waals surface area contributed by atoms with Crippen LogP contribution in [0.1, 0.15) is 90.3 Å². The molecule has 3 N–H and O–H groups in total. The second-order valence-electron chi connectivity index (χ2n) is 10.6. The van der Waals surface area contributed by atoms with Gasteiger partial charge in [-0.25, -0.2) is 4.98 Å². The lowest BCUT2D eigenvalue weighted by molar-refractivity contribution is -0.120. The number of aliphatic hydroxyl groups is 1. The van der Waals surface area contributed by atoms with Gasteiger partial charge < -0.3 is 20.5 Å². The molecule has 0 saturated heterocycles. The van der Waals surface area contributed by atoms with E-state index in [4.69, 9.17) is 4.74 Å². The molecule has 1 aliphatic heterocycles. The largest absolute Gasteiger partial charge is 0.471 e. The van der Waals surface area contributed by atoms with Gasteiger partial charge in [-0.2, -0.15) is 0 Å². The first kappa shape index (κ1) is 24.5. The van der Waals surface area contributed by atoms with E-state index in [2.05, 4.69) is 54.3 Å². The molecule has 0 aromatic carbocycles. The lowest BCUT2D eigenvalue weighted by Gasteiger charge is -2.47. The highest BCUT2D eigenvalue weighted by molar-refractivity contribution is 5.73. The fourth-order valence-electron chi connectivity index (χ4n) is 4.60. The minimum Gasteiger partial charge on any atom is -0.471 e. The number of hydrogen-bond donors (Lipinski definition) is 3. The summed E-state index contributed by atoms with van der Waals surface area (Å²) in [4.78, 5) is 16.3. The Balaban J connectivity index is 1.75. The molecule has 0 bridgehead atoms. The second kappa shape index (κ2) is 10.2. The zero-order valence-corrected chi connectivity index (χ0v) is 20.3. The molecule has 1 aromatic heterocycles. The maximum atomic E-state index is 11.6. The number of ether oxygens (including phenoxy) is 1. The molecule has 2 heterocycles. The van der Waals surface area contributed by atoms with Crippen LogP contribution in [0.4, 0.5) is 0 Å². The van der Waals surface area contributed by atoms with E-state index in [1.54, 1.807) is 0 Å². The molecule has 1 saturated carbocycles. The number of carbonyl (C=O) groups excluding carboxylic acids is 1. The molecule has 176 valence electrons. The summed E-state index contributed by atoms with van der Waals surface area (Å²) in [6, 6.07) is 1.86. The summed E-state index contributed by atoms with van der Waals surface area (Å²) < 4.78 is 6.35. The van der Waals surface area contributed by atoms with Crippen LogP contribution in [-0.4, -0.2) is 40.3 Å². The van der Waals surface area contributed by atoms with Gasteiger partial charge in [0.25, 0.3) is 0 Å². The van der Waals surface area contributed by atoms with Crippen LogP contribution in [0.2, 0.25) is 0 Å². The minimum absolute atomic E-state index is 0.0563. The molecular formula is C26H39N3O3. The number of carbonyl (C=O) groups is 1. The molecule has 3 atom stereocenters. The molecule has 32 heavy (non-hydrogen) atoms. The van der Waals surface area contributed by atoms with Gasteiger partial charge in [0.05, 0.1) is 12.1 Å². The summed E-state index contributed by atoms with van der Waals surface area (Å²) in [6.45, 7) is 10.5. The Bertz CT molecular complexity index is 861. The van der Waals surface area contributed by atoms with Gasteiger partial charge >= 0.3 is 0 Å². The Morgan fingerprint density at radius 2 is 2.12 bits per heavy atom. The maximum absolute atomic E-state index is 11.6. The molecule has 1 aromatic rings. The molecule has 6 nitrogen and oxygen atoms in total. The van der Waals surface area contributed by atoms with Crippen molar-refractivity contribution in [1.82, 2.24) is 15.6 Å². The van der Waals surface area contributed by atoms with Crippen molar-refractivity contribution in [1.29, 1.82) is 0 Å². The highest BCUT2D eigenvalue weighted by Crippen LogP contribution is 2.48. The Morgan fingerprint density at radius 1 is 1.38 bits per heavy atom. The number of aromatic nitrogens is 1. The number of amides is 1. The van der Waals surface area contributed by atoms with Crippen LogP contribution in [0.15, 0.2) is 12.3 Å². The Morgan fingerprint density at radius 3 is 2.72 bits per heavy atom. The quantitative estimate of drug-likeness (QED) is 0.562. The molecule has 1 amide bonds. The minimum atomic E-state index is -0.737. The lowest BCUT2D eigenvalue weighted by Crippen LogP contribution is -2.51. The van der Waals surface area contributed by atoms with E-state index in [1.807, 2.05) is 13.1 Å². The van der Waals surface area contributed by atoms with Crippen LogP contribution in [0.5, 0.6) is 5.88 Å². The van der Waals surface area contributed by atoms with Gasteiger partial charge in [-0.05, 0) is 42.7 Å². The van der Waals surface area contributed by atoms with Crippen molar-refractivity contribution in [3.8, 4) is 17.7 Å². The molecule has 3 rings (SSSR count). The van der Waals surface area contributed by atoms with Crippen LogP contribution >= 0.6 is 0 Å². The van der Waals surface area contributed by atoms with E-state index in [0.717, 1.165) is 37.7 Å². The van der Waals surface area contributed by atoms with E-state index in [0.29, 0.717) is 18.8 Å². The Hall–Kier alpha value is -2.10. The number of pyridine rings is 1. The van der Waals surface area contributed by atoms with Gasteiger partial charge in [-0.3, -0.25) is 4.79 Å². The number of rotatable bonds is 7. The van der Waals surface area contributed by atoms with Crippen LogP contribution < -0.4 is 15.4 Å². The predicted octanol–water partition coefficient (Wildman–Crippen LogP) is 3.68.